The lowest BCUT2D eigenvalue weighted by Crippen LogP contribution is -1.83. The van der Waals surface area contributed by atoms with E-state index >= 15 is 0 Å². The van der Waals surface area contributed by atoms with Crippen LogP contribution in [0.5, 0.6) is 0 Å². The Morgan fingerprint density at radius 2 is 2.15 bits per heavy atom. The van der Waals surface area contributed by atoms with Gasteiger partial charge in [-0.3, -0.25) is 4.79 Å². The van der Waals surface area contributed by atoms with Crippen molar-refractivity contribution in [3.8, 4) is 0 Å². The molecule has 0 aliphatic heterocycles. The second kappa shape index (κ2) is 4.14. The predicted molar refractivity (Wildman–Crippen MR) is 46.6 cm³/mol. The molecule has 4 heteroatoms. The summed E-state index contributed by atoms with van der Waals surface area (Å²) >= 11 is 5.47. The van der Waals surface area contributed by atoms with Crippen LogP contribution in [0.3, 0.4) is 0 Å². The highest BCUT2D eigenvalue weighted by Crippen LogP contribution is 2.15. The van der Waals surface area contributed by atoms with Gasteiger partial charge in [-0.25, -0.2) is 4.39 Å². The summed E-state index contributed by atoms with van der Waals surface area (Å²) in [6.45, 7) is 0. The maximum absolute atomic E-state index is 12.9. The van der Waals surface area contributed by atoms with Crippen molar-refractivity contribution in [1.29, 1.82) is 0 Å². The van der Waals surface area contributed by atoms with Gasteiger partial charge in [-0.05, 0) is 18.2 Å². The summed E-state index contributed by atoms with van der Waals surface area (Å²) < 4.78 is 24.7. The maximum Gasteiger partial charge on any atom is 0.324 e. The molecule has 0 amide bonds. The predicted octanol–water partition coefficient (Wildman–Crippen LogP) is 2.99. The number of carbonyl (C=O) groups excluding carboxylic acids is 1. The molecule has 0 aliphatic rings. The molecule has 1 aromatic carbocycles. The summed E-state index contributed by atoms with van der Waals surface area (Å²) in [6.07, 6.45) is 1.69. The van der Waals surface area contributed by atoms with Crippen LogP contribution >= 0.6 is 11.6 Å². The van der Waals surface area contributed by atoms with E-state index in [1.807, 2.05) is 0 Å². The second-order valence-corrected chi connectivity index (χ2v) is 2.74. The fraction of sp³-hybridized carbons (Fsp3) is 0. The summed E-state index contributed by atoms with van der Waals surface area (Å²) in [4.78, 5) is 9.89. The molecule has 0 N–H and O–H groups in total. The van der Waals surface area contributed by atoms with Gasteiger partial charge in [0.15, 0.2) is 0 Å². The van der Waals surface area contributed by atoms with E-state index in [0.717, 1.165) is 12.1 Å². The number of hydrogen-bond acceptors (Lipinski definition) is 1. The van der Waals surface area contributed by atoms with Gasteiger partial charge in [0.1, 0.15) is 5.82 Å². The quantitative estimate of drug-likeness (QED) is 0.532. The Hall–Kier alpha value is -1.22. The first kappa shape index (κ1) is 9.86. The molecule has 0 saturated carbocycles. The fourth-order valence-electron chi connectivity index (χ4n) is 0.792. The van der Waals surface area contributed by atoms with Crippen LogP contribution in [0.2, 0.25) is 5.02 Å². The molecule has 0 spiro atoms. The van der Waals surface area contributed by atoms with Gasteiger partial charge >= 0.3 is 6.04 Å². The van der Waals surface area contributed by atoms with Crippen LogP contribution in [0.4, 0.5) is 8.78 Å². The van der Waals surface area contributed by atoms with Gasteiger partial charge in [0.25, 0.3) is 0 Å². The van der Waals surface area contributed by atoms with Crippen LogP contribution in [0.1, 0.15) is 5.56 Å². The van der Waals surface area contributed by atoms with E-state index in [1.54, 1.807) is 0 Å². The third-order valence-corrected chi connectivity index (χ3v) is 1.59. The Morgan fingerprint density at radius 1 is 1.46 bits per heavy atom. The van der Waals surface area contributed by atoms with Crippen molar-refractivity contribution in [3.63, 3.8) is 0 Å². The Morgan fingerprint density at radius 3 is 2.69 bits per heavy atom. The average Bonchev–Trinajstić information content (AvgIpc) is 2.02. The van der Waals surface area contributed by atoms with Gasteiger partial charge in [-0.15, -0.1) is 0 Å². The zero-order valence-electron chi connectivity index (χ0n) is 6.43. The fourth-order valence-corrected chi connectivity index (χ4v) is 0.951. The highest BCUT2D eigenvalue weighted by molar-refractivity contribution is 6.30. The summed E-state index contributed by atoms with van der Waals surface area (Å²) in [6, 6.07) is 2.28. The molecule has 0 saturated heterocycles. The molecule has 0 aliphatic carbocycles. The van der Waals surface area contributed by atoms with Crippen molar-refractivity contribution in [1.82, 2.24) is 0 Å². The van der Waals surface area contributed by atoms with E-state index < -0.39 is 11.9 Å². The highest BCUT2D eigenvalue weighted by Gasteiger charge is 1.99. The second-order valence-electron chi connectivity index (χ2n) is 2.30. The van der Waals surface area contributed by atoms with E-state index in [2.05, 4.69) is 0 Å². The third-order valence-electron chi connectivity index (χ3n) is 1.36. The van der Waals surface area contributed by atoms with Crippen molar-refractivity contribution in [2.24, 2.45) is 0 Å². The molecular weight excluding hydrogens is 198 g/mol. The third kappa shape index (κ3) is 2.95. The normalized spacial score (nSPS) is 10.7. The highest BCUT2D eigenvalue weighted by atomic mass is 35.5. The van der Waals surface area contributed by atoms with Crippen molar-refractivity contribution in [2.45, 2.75) is 0 Å². The molecular formula is C9H5ClF2O. The zero-order valence-corrected chi connectivity index (χ0v) is 7.18. The molecule has 1 rings (SSSR count). The largest absolute Gasteiger partial charge is 0.324 e. The first-order valence-electron chi connectivity index (χ1n) is 3.42. The number of benzene rings is 1. The lowest BCUT2D eigenvalue weighted by atomic mass is 10.2. The number of carbonyl (C=O) groups is 1. The molecule has 0 heterocycles. The summed E-state index contributed by atoms with van der Waals surface area (Å²) in [5.74, 6) is -0.593. The minimum atomic E-state index is -1.62. The molecule has 0 bridgehead atoms. The molecule has 13 heavy (non-hydrogen) atoms. The lowest BCUT2D eigenvalue weighted by Gasteiger charge is -1.95. The molecule has 1 nitrogen and oxygen atoms in total. The molecule has 0 radical (unpaired) electrons. The number of rotatable bonds is 2. The molecule has 0 aromatic heterocycles. The van der Waals surface area contributed by atoms with E-state index in [9.17, 15) is 13.6 Å². The molecule has 0 unspecified atom stereocenters. The van der Waals surface area contributed by atoms with Gasteiger partial charge in [0, 0.05) is 16.7 Å². The standard InChI is InChI=1S/C9H5ClF2O/c10-7-3-1-6(8(11)5-7)2-4-9(12)13/h1-5H/b4-2+. The molecule has 68 valence electrons. The van der Waals surface area contributed by atoms with Crippen LogP contribution in [0, 0.1) is 5.82 Å². The first-order valence-corrected chi connectivity index (χ1v) is 3.80. The number of allylic oxidation sites excluding steroid dienone is 1. The van der Waals surface area contributed by atoms with Gasteiger partial charge < -0.3 is 0 Å². The Balaban J connectivity index is 2.96. The van der Waals surface area contributed by atoms with Crippen molar-refractivity contribution >= 4 is 23.7 Å². The summed E-state index contributed by atoms with van der Waals surface area (Å²) in [5, 5.41) is 0.251. The Kier molecular flexibility index (Phi) is 3.14. The average molecular weight is 203 g/mol. The monoisotopic (exact) mass is 202 g/mol. The first-order chi connectivity index (χ1) is 6.09. The Bertz CT molecular complexity index is 361. The lowest BCUT2D eigenvalue weighted by molar-refractivity contribution is -0.124. The van der Waals surface area contributed by atoms with E-state index in [-0.39, 0.29) is 10.6 Å². The smallest absolute Gasteiger partial charge is 0.256 e. The van der Waals surface area contributed by atoms with Crippen LogP contribution in [-0.4, -0.2) is 6.04 Å². The van der Waals surface area contributed by atoms with Gasteiger partial charge in [0.2, 0.25) is 0 Å². The van der Waals surface area contributed by atoms with E-state index in [1.165, 1.54) is 12.1 Å². The van der Waals surface area contributed by atoms with Crippen molar-refractivity contribution in [3.05, 3.63) is 40.7 Å². The van der Waals surface area contributed by atoms with Crippen molar-refractivity contribution in [2.75, 3.05) is 0 Å². The van der Waals surface area contributed by atoms with Gasteiger partial charge in [-0.1, -0.05) is 17.7 Å². The SMILES string of the molecule is O=C(F)/C=C/c1ccc(Cl)cc1F. The van der Waals surface area contributed by atoms with Gasteiger partial charge in [0.05, 0.1) is 0 Å². The number of hydrogen-bond donors (Lipinski definition) is 0. The topological polar surface area (TPSA) is 17.1 Å². The minimum absolute atomic E-state index is 0.121. The molecule has 1 aromatic rings. The van der Waals surface area contributed by atoms with E-state index in [4.69, 9.17) is 11.6 Å². The van der Waals surface area contributed by atoms with Crippen LogP contribution in [-0.2, 0) is 4.79 Å². The maximum atomic E-state index is 12.9. The Labute approximate surface area is 78.6 Å². The van der Waals surface area contributed by atoms with Gasteiger partial charge in [-0.2, -0.15) is 4.39 Å². The van der Waals surface area contributed by atoms with Crippen molar-refractivity contribution < 1.29 is 13.6 Å². The van der Waals surface area contributed by atoms with E-state index in [0.29, 0.717) is 6.08 Å². The van der Waals surface area contributed by atoms with Crippen LogP contribution in [0.15, 0.2) is 24.3 Å². The zero-order chi connectivity index (χ0) is 9.84. The van der Waals surface area contributed by atoms with Crippen LogP contribution in [0.25, 0.3) is 6.08 Å². The molecule has 0 atom stereocenters. The molecule has 0 fully saturated rings. The summed E-state index contributed by atoms with van der Waals surface area (Å²) in [7, 11) is 0. The van der Waals surface area contributed by atoms with Crippen LogP contribution < -0.4 is 0 Å². The number of halogens is 3. The summed E-state index contributed by atoms with van der Waals surface area (Å²) in [5.41, 5.74) is 0.121. The minimum Gasteiger partial charge on any atom is -0.256 e.